The van der Waals surface area contributed by atoms with Crippen molar-refractivity contribution >= 4 is 5.78 Å². The van der Waals surface area contributed by atoms with Crippen LogP contribution in [-0.2, 0) is 6.42 Å². The molecule has 1 aromatic rings. The van der Waals surface area contributed by atoms with E-state index in [9.17, 15) is 4.79 Å². The molecule has 3 nitrogen and oxygen atoms in total. The van der Waals surface area contributed by atoms with Gasteiger partial charge in [-0.05, 0) is 18.1 Å². The summed E-state index contributed by atoms with van der Waals surface area (Å²) in [7, 11) is 1.54. The number of rotatable bonds is 1. The van der Waals surface area contributed by atoms with E-state index in [2.05, 4.69) is 4.98 Å². The van der Waals surface area contributed by atoms with E-state index in [1.165, 1.54) is 7.11 Å². The summed E-state index contributed by atoms with van der Waals surface area (Å²) in [6.07, 6.45) is 4.17. The Morgan fingerprint density at radius 2 is 2.31 bits per heavy atom. The van der Waals surface area contributed by atoms with Crippen molar-refractivity contribution in [1.82, 2.24) is 4.98 Å². The number of ether oxygens (including phenoxy) is 1. The van der Waals surface area contributed by atoms with Gasteiger partial charge in [0.2, 0.25) is 11.7 Å². The monoisotopic (exact) mass is 175 g/mol. The van der Waals surface area contributed by atoms with E-state index in [-0.39, 0.29) is 5.78 Å². The molecule has 0 N–H and O–H groups in total. The molecule has 0 saturated carbocycles. The van der Waals surface area contributed by atoms with Crippen LogP contribution in [0.1, 0.15) is 16.1 Å². The highest BCUT2D eigenvalue weighted by Gasteiger charge is 2.14. The molecule has 0 amide bonds. The van der Waals surface area contributed by atoms with Crippen molar-refractivity contribution in [1.29, 1.82) is 0 Å². The third kappa shape index (κ3) is 1.33. The molecular formula is C10H9NO2. The zero-order valence-corrected chi connectivity index (χ0v) is 7.28. The first kappa shape index (κ1) is 7.98. The Labute approximate surface area is 76.1 Å². The Balaban J connectivity index is 2.51. The molecule has 13 heavy (non-hydrogen) atoms. The molecule has 3 heteroatoms. The summed E-state index contributed by atoms with van der Waals surface area (Å²) in [5, 5.41) is 0. The van der Waals surface area contributed by atoms with E-state index in [4.69, 9.17) is 4.74 Å². The van der Waals surface area contributed by atoms with Crippen LogP contribution < -0.4 is 4.74 Å². The predicted octanol–water partition coefficient (Wildman–Crippen LogP) is 1.39. The topological polar surface area (TPSA) is 39.2 Å². The molecule has 0 aliphatic heterocycles. The van der Waals surface area contributed by atoms with Crippen molar-refractivity contribution in [3.8, 4) is 5.88 Å². The fourth-order valence-corrected chi connectivity index (χ4v) is 1.33. The summed E-state index contributed by atoms with van der Waals surface area (Å²) in [6.45, 7) is 0. The maximum Gasteiger partial charge on any atom is 0.213 e. The first-order valence-electron chi connectivity index (χ1n) is 4.06. The molecule has 0 bridgehead atoms. The number of nitrogens with zero attached hydrogens (tertiary/aromatic N) is 1. The van der Waals surface area contributed by atoms with E-state index >= 15 is 0 Å². The molecule has 0 aromatic carbocycles. The summed E-state index contributed by atoms with van der Waals surface area (Å²) in [5.41, 5.74) is 1.48. The summed E-state index contributed by atoms with van der Waals surface area (Å²) >= 11 is 0. The van der Waals surface area contributed by atoms with Gasteiger partial charge in [-0.15, -0.1) is 0 Å². The number of ketones is 1. The second-order valence-electron chi connectivity index (χ2n) is 2.83. The van der Waals surface area contributed by atoms with E-state index in [0.717, 1.165) is 12.0 Å². The molecule has 0 spiro atoms. The minimum absolute atomic E-state index is 0.0415. The summed E-state index contributed by atoms with van der Waals surface area (Å²) in [5.74, 6) is 0.447. The number of pyridine rings is 1. The highest BCUT2D eigenvalue weighted by Crippen LogP contribution is 2.17. The van der Waals surface area contributed by atoms with Gasteiger partial charge in [-0.1, -0.05) is 12.1 Å². The van der Waals surface area contributed by atoms with Gasteiger partial charge in [0.05, 0.1) is 7.11 Å². The highest BCUT2D eigenvalue weighted by molar-refractivity contribution is 6.05. The number of hydrogen-bond donors (Lipinski definition) is 0. The molecule has 1 aliphatic carbocycles. The molecule has 2 rings (SSSR count). The number of fused-ring (bicyclic) bond motifs is 1. The lowest BCUT2D eigenvalue weighted by Gasteiger charge is -2.09. The quantitative estimate of drug-likeness (QED) is 0.647. The van der Waals surface area contributed by atoms with Gasteiger partial charge < -0.3 is 4.74 Å². The van der Waals surface area contributed by atoms with Crippen molar-refractivity contribution in [3.63, 3.8) is 0 Å². The van der Waals surface area contributed by atoms with Crippen molar-refractivity contribution < 1.29 is 9.53 Å². The van der Waals surface area contributed by atoms with E-state index < -0.39 is 0 Å². The fourth-order valence-electron chi connectivity index (χ4n) is 1.33. The maximum atomic E-state index is 11.3. The maximum absolute atomic E-state index is 11.3. The average molecular weight is 175 g/mol. The first-order chi connectivity index (χ1) is 6.31. The van der Waals surface area contributed by atoms with Crippen LogP contribution in [0, 0.1) is 0 Å². The molecule has 0 radical (unpaired) electrons. The zero-order chi connectivity index (χ0) is 9.26. The van der Waals surface area contributed by atoms with Crippen molar-refractivity contribution in [2.24, 2.45) is 0 Å². The molecule has 0 atom stereocenters. The van der Waals surface area contributed by atoms with Gasteiger partial charge in [-0.3, -0.25) is 4.79 Å². The van der Waals surface area contributed by atoms with E-state index in [0.29, 0.717) is 11.6 Å². The number of allylic oxidation sites excluding steroid dienone is 2. The Kier molecular flexibility index (Phi) is 1.85. The van der Waals surface area contributed by atoms with Crippen LogP contribution in [0.4, 0.5) is 0 Å². The summed E-state index contributed by atoms with van der Waals surface area (Å²) in [4.78, 5) is 15.4. The van der Waals surface area contributed by atoms with E-state index in [1.807, 2.05) is 12.1 Å². The summed E-state index contributed by atoms with van der Waals surface area (Å²) < 4.78 is 4.94. The van der Waals surface area contributed by atoms with Gasteiger partial charge in [0.15, 0.2) is 0 Å². The zero-order valence-electron chi connectivity index (χ0n) is 7.28. The van der Waals surface area contributed by atoms with Crippen molar-refractivity contribution in [3.05, 3.63) is 35.5 Å². The van der Waals surface area contributed by atoms with Gasteiger partial charge in [0.1, 0.15) is 5.69 Å². The number of aromatic nitrogens is 1. The van der Waals surface area contributed by atoms with Crippen molar-refractivity contribution in [2.45, 2.75) is 6.42 Å². The third-order valence-electron chi connectivity index (χ3n) is 2.00. The van der Waals surface area contributed by atoms with Gasteiger partial charge in [-0.25, -0.2) is 4.98 Å². The Hall–Kier alpha value is -1.64. The largest absolute Gasteiger partial charge is 0.481 e. The van der Waals surface area contributed by atoms with E-state index in [1.54, 1.807) is 12.1 Å². The SMILES string of the molecule is COc1ccc2c(n1)C(=O)C=CC2. The fraction of sp³-hybridized carbons (Fsp3) is 0.200. The molecule has 0 unspecified atom stereocenters. The third-order valence-corrected chi connectivity index (χ3v) is 2.00. The number of carbonyl (C=O) groups is 1. The van der Waals surface area contributed by atoms with Crippen LogP contribution >= 0.6 is 0 Å². The van der Waals surface area contributed by atoms with Gasteiger partial charge in [0, 0.05) is 6.07 Å². The van der Waals surface area contributed by atoms with Gasteiger partial charge >= 0.3 is 0 Å². The first-order valence-corrected chi connectivity index (χ1v) is 4.06. The molecule has 0 saturated heterocycles. The van der Waals surface area contributed by atoms with Crippen LogP contribution in [0.25, 0.3) is 0 Å². The van der Waals surface area contributed by atoms with Gasteiger partial charge in [0.25, 0.3) is 0 Å². The predicted molar refractivity (Wildman–Crippen MR) is 48.0 cm³/mol. The van der Waals surface area contributed by atoms with Crippen LogP contribution in [0.3, 0.4) is 0 Å². The normalized spacial score (nSPS) is 14.1. The van der Waals surface area contributed by atoms with Crippen LogP contribution in [0.2, 0.25) is 0 Å². The molecule has 0 fully saturated rings. The second-order valence-corrected chi connectivity index (χ2v) is 2.83. The number of hydrogen-bond acceptors (Lipinski definition) is 3. The lowest BCUT2D eigenvalue weighted by molar-refractivity contribution is 0.103. The average Bonchev–Trinajstić information content (AvgIpc) is 2.18. The number of carbonyl (C=O) groups excluding carboxylic acids is 1. The van der Waals surface area contributed by atoms with Crippen LogP contribution in [0.5, 0.6) is 5.88 Å². The van der Waals surface area contributed by atoms with Crippen LogP contribution in [-0.4, -0.2) is 17.9 Å². The Morgan fingerprint density at radius 1 is 1.46 bits per heavy atom. The minimum Gasteiger partial charge on any atom is -0.481 e. The Bertz CT molecular complexity index is 383. The second kappa shape index (κ2) is 3.01. The highest BCUT2D eigenvalue weighted by atomic mass is 16.5. The summed E-state index contributed by atoms with van der Waals surface area (Å²) in [6, 6.07) is 3.65. The molecule has 1 aliphatic rings. The Morgan fingerprint density at radius 3 is 3.08 bits per heavy atom. The lowest BCUT2D eigenvalue weighted by atomic mass is 10.0. The standard InChI is InChI=1S/C10H9NO2/c1-13-9-6-5-7-3-2-4-8(12)10(7)11-9/h2,4-6H,3H2,1H3. The smallest absolute Gasteiger partial charge is 0.213 e. The molecule has 66 valence electrons. The van der Waals surface area contributed by atoms with Crippen molar-refractivity contribution in [2.75, 3.05) is 7.11 Å². The number of methoxy groups -OCH3 is 1. The molecular weight excluding hydrogens is 166 g/mol. The molecule has 1 aromatic heterocycles. The van der Waals surface area contributed by atoms with Crippen LogP contribution in [0.15, 0.2) is 24.3 Å². The molecule has 1 heterocycles. The van der Waals surface area contributed by atoms with Gasteiger partial charge in [-0.2, -0.15) is 0 Å². The minimum atomic E-state index is -0.0415. The lowest BCUT2D eigenvalue weighted by Crippen LogP contribution is -2.08.